The van der Waals surface area contributed by atoms with Crippen LogP contribution in [0.5, 0.6) is 0 Å². The molecule has 1 N–H and O–H groups in total. The molecule has 4 nitrogen and oxygen atoms in total. The first-order chi connectivity index (χ1) is 11.1. The van der Waals surface area contributed by atoms with Crippen LogP contribution in [0.25, 0.3) is 11.1 Å². The van der Waals surface area contributed by atoms with Gasteiger partial charge in [0.05, 0.1) is 11.4 Å². The summed E-state index contributed by atoms with van der Waals surface area (Å²) in [5.74, 6) is -0.415. The number of aromatic nitrogens is 2. The Balaban J connectivity index is 1.73. The minimum absolute atomic E-state index is 0.0504. The van der Waals surface area contributed by atoms with Crippen LogP contribution in [0.3, 0.4) is 0 Å². The van der Waals surface area contributed by atoms with Crippen LogP contribution < -0.4 is 5.32 Å². The first-order valence-corrected chi connectivity index (χ1v) is 8.13. The molecule has 118 valence electrons. The maximum absolute atomic E-state index is 13.1. The molecule has 2 heterocycles. The van der Waals surface area contributed by atoms with Crippen molar-refractivity contribution in [2.24, 2.45) is 0 Å². The van der Waals surface area contributed by atoms with Gasteiger partial charge in [-0.05, 0) is 42.1 Å². The van der Waals surface area contributed by atoms with Crippen LogP contribution in [0.15, 0.2) is 54.2 Å². The average molecular weight is 329 g/mol. The number of nitrogens with zero attached hydrogens (tertiary/aromatic N) is 2. The molecule has 1 amide bonds. The highest BCUT2D eigenvalue weighted by Crippen LogP contribution is 2.28. The van der Waals surface area contributed by atoms with Gasteiger partial charge in [-0.2, -0.15) is 5.10 Å². The molecule has 0 aliphatic heterocycles. The molecule has 0 unspecified atom stereocenters. The van der Waals surface area contributed by atoms with E-state index in [0.717, 1.165) is 11.1 Å². The van der Waals surface area contributed by atoms with Crippen molar-refractivity contribution in [3.05, 3.63) is 64.9 Å². The van der Waals surface area contributed by atoms with Crippen molar-refractivity contribution < 1.29 is 9.18 Å². The molecule has 0 saturated heterocycles. The summed E-state index contributed by atoms with van der Waals surface area (Å²) >= 11 is 1.38. The van der Waals surface area contributed by atoms with Crippen molar-refractivity contribution in [2.75, 3.05) is 0 Å². The lowest BCUT2D eigenvalue weighted by Crippen LogP contribution is -2.35. The van der Waals surface area contributed by atoms with Crippen LogP contribution in [0.4, 0.5) is 4.39 Å². The third kappa shape index (κ3) is 3.65. The summed E-state index contributed by atoms with van der Waals surface area (Å²) in [6.45, 7) is 2.54. The third-order valence-electron chi connectivity index (χ3n) is 3.42. The standard InChI is InChI=1S/C17H16FN3OS/c1-12(11-21-9-2-8-19-21)20-17(22)16-15(7-10-23-16)13-3-5-14(18)6-4-13/h2-10,12H,11H2,1H3,(H,20,22)/t12-/m0/s1. The molecule has 1 atom stereocenters. The van der Waals surface area contributed by atoms with E-state index >= 15 is 0 Å². The summed E-state index contributed by atoms with van der Waals surface area (Å²) in [5.41, 5.74) is 1.65. The molecule has 3 rings (SSSR count). The van der Waals surface area contributed by atoms with Crippen LogP contribution in [0, 0.1) is 5.82 Å². The normalized spacial score (nSPS) is 12.1. The van der Waals surface area contributed by atoms with E-state index in [1.54, 1.807) is 23.0 Å². The Labute approximate surface area is 137 Å². The lowest BCUT2D eigenvalue weighted by Gasteiger charge is -2.14. The van der Waals surface area contributed by atoms with E-state index in [4.69, 9.17) is 0 Å². The minimum atomic E-state index is -0.289. The number of halogens is 1. The Morgan fingerprint density at radius 2 is 2.13 bits per heavy atom. The van der Waals surface area contributed by atoms with Gasteiger partial charge in [0.15, 0.2) is 0 Å². The topological polar surface area (TPSA) is 46.9 Å². The largest absolute Gasteiger partial charge is 0.347 e. The van der Waals surface area contributed by atoms with E-state index in [2.05, 4.69) is 10.4 Å². The summed E-state index contributed by atoms with van der Waals surface area (Å²) in [7, 11) is 0. The fourth-order valence-electron chi connectivity index (χ4n) is 2.37. The van der Waals surface area contributed by atoms with Crippen molar-refractivity contribution in [2.45, 2.75) is 19.5 Å². The van der Waals surface area contributed by atoms with Gasteiger partial charge in [0.1, 0.15) is 5.82 Å². The average Bonchev–Trinajstić information content (AvgIpc) is 3.19. The van der Waals surface area contributed by atoms with Gasteiger partial charge < -0.3 is 5.32 Å². The smallest absolute Gasteiger partial charge is 0.262 e. The first-order valence-electron chi connectivity index (χ1n) is 7.25. The summed E-state index contributed by atoms with van der Waals surface area (Å²) in [6.07, 6.45) is 3.57. The van der Waals surface area contributed by atoms with Gasteiger partial charge in [0.2, 0.25) is 0 Å². The van der Waals surface area contributed by atoms with Gasteiger partial charge in [-0.15, -0.1) is 11.3 Å². The molecule has 3 aromatic rings. The molecule has 23 heavy (non-hydrogen) atoms. The fraction of sp³-hybridized carbons (Fsp3) is 0.176. The Bertz CT molecular complexity index is 781. The second kappa shape index (κ2) is 6.75. The second-order valence-electron chi connectivity index (χ2n) is 5.27. The lowest BCUT2D eigenvalue weighted by atomic mass is 10.1. The summed E-state index contributed by atoms with van der Waals surface area (Å²) < 4.78 is 14.8. The van der Waals surface area contributed by atoms with Crippen molar-refractivity contribution in [3.8, 4) is 11.1 Å². The van der Waals surface area contributed by atoms with E-state index in [0.29, 0.717) is 11.4 Å². The Morgan fingerprint density at radius 1 is 1.35 bits per heavy atom. The van der Waals surface area contributed by atoms with Crippen molar-refractivity contribution in [1.29, 1.82) is 0 Å². The number of nitrogens with one attached hydrogen (secondary N) is 1. The van der Waals surface area contributed by atoms with E-state index < -0.39 is 0 Å². The number of amides is 1. The number of benzene rings is 1. The Hall–Kier alpha value is -2.47. The van der Waals surface area contributed by atoms with Gasteiger partial charge in [-0.3, -0.25) is 9.48 Å². The summed E-state index contributed by atoms with van der Waals surface area (Å²) in [4.78, 5) is 13.1. The quantitative estimate of drug-likeness (QED) is 0.778. The number of rotatable bonds is 5. The van der Waals surface area contributed by atoms with Crippen molar-refractivity contribution in [1.82, 2.24) is 15.1 Å². The van der Waals surface area contributed by atoms with Crippen LogP contribution in [-0.2, 0) is 6.54 Å². The molecule has 0 bridgehead atoms. The number of carbonyl (C=O) groups is 1. The minimum Gasteiger partial charge on any atom is -0.347 e. The number of thiophene rings is 1. The zero-order chi connectivity index (χ0) is 16.2. The van der Waals surface area contributed by atoms with Gasteiger partial charge in [-0.1, -0.05) is 12.1 Å². The highest BCUT2D eigenvalue weighted by atomic mass is 32.1. The van der Waals surface area contributed by atoms with Crippen LogP contribution in [-0.4, -0.2) is 21.7 Å². The molecule has 6 heteroatoms. The maximum Gasteiger partial charge on any atom is 0.262 e. The van der Waals surface area contributed by atoms with Gasteiger partial charge in [0, 0.05) is 24.0 Å². The molecule has 0 fully saturated rings. The van der Waals surface area contributed by atoms with Gasteiger partial charge in [0.25, 0.3) is 5.91 Å². The van der Waals surface area contributed by atoms with Crippen LogP contribution in [0.1, 0.15) is 16.6 Å². The predicted molar refractivity (Wildman–Crippen MR) is 88.9 cm³/mol. The molecule has 0 aliphatic rings. The van der Waals surface area contributed by atoms with E-state index in [-0.39, 0.29) is 17.8 Å². The first kappa shape index (κ1) is 15.4. The van der Waals surface area contributed by atoms with Gasteiger partial charge >= 0.3 is 0 Å². The second-order valence-corrected chi connectivity index (χ2v) is 6.19. The molecular weight excluding hydrogens is 313 g/mol. The SMILES string of the molecule is C[C@@H](Cn1cccn1)NC(=O)c1sccc1-c1ccc(F)cc1. The maximum atomic E-state index is 13.1. The van der Waals surface area contributed by atoms with Crippen molar-refractivity contribution in [3.63, 3.8) is 0 Å². The predicted octanol–water partition coefficient (Wildman–Crippen LogP) is 3.57. The van der Waals surface area contributed by atoms with E-state index in [9.17, 15) is 9.18 Å². The molecule has 0 saturated carbocycles. The number of carbonyl (C=O) groups excluding carboxylic acids is 1. The van der Waals surface area contributed by atoms with E-state index in [1.165, 1.54) is 23.5 Å². The highest BCUT2D eigenvalue weighted by Gasteiger charge is 2.16. The molecular formula is C17H16FN3OS. The Morgan fingerprint density at radius 3 is 2.83 bits per heavy atom. The molecule has 2 aromatic heterocycles. The lowest BCUT2D eigenvalue weighted by molar-refractivity contribution is 0.0940. The van der Waals surface area contributed by atoms with Gasteiger partial charge in [-0.25, -0.2) is 4.39 Å². The zero-order valence-corrected chi connectivity index (χ0v) is 13.4. The fourth-order valence-corrected chi connectivity index (χ4v) is 3.18. The number of hydrogen-bond donors (Lipinski definition) is 1. The molecule has 0 aliphatic carbocycles. The molecule has 1 aromatic carbocycles. The van der Waals surface area contributed by atoms with E-state index in [1.807, 2.05) is 30.6 Å². The number of hydrogen-bond acceptors (Lipinski definition) is 3. The molecule has 0 spiro atoms. The Kier molecular flexibility index (Phi) is 4.52. The van der Waals surface area contributed by atoms with Crippen LogP contribution in [0.2, 0.25) is 0 Å². The third-order valence-corrected chi connectivity index (χ3v) is 4.34. The zero-order valence-electron chi connectivity index (χ0n) is 12.6. The van der Waals surface area contributed by atoms with Crippen LogP contribution >= 0.6 is 11.3 Å². The highest BCUT2D eigenvalue weighted by molar-refractivity contribution is 7.12. The monoisotopic (exact) mass is 329 g/mol. The summed E-state index contributed by atoms with van der Waals surface area (Å²) in [6, 6.07) is 9.84. The van der Waals surface area contributed by atoms with Crippen molar-refractivity contribution >= 4 is 17.2 Å². The molecule has 0 radical (unpaired) electrons. The summed E-state index contributed by atoms with van der Waals surface area (Å²) in [5, 5.41) is 8.98.